The number of carboxylic acids is 2. The lowest BCUT2D eigenvalue weighted by Crippen LogP contribution is -2.69. The summed E-state index contributed by atoms with van der Waals surface area (Å²) in [5, 5.41) is 22.9. The van der Waals surface area contributed by atoms with Crippen LogP contribution in [0.15, 0.2) is 0 Å². The van der Waals surface area contributed by atoms with Crippen LogP contribution in [-0.2, 0) is 14.4 Å². The Kier molecular flexibility index (Phi) is 7.31. The van der Waals surface area contributed by atoms with Crippen LogP contribution in [0, 0.1) is 0 Å². The van der Waals surface area contributed by atoms with E-state index in [0.717, 1.165) is 0 Å². The van der Waals surface area contributed by atoms with Gasteiger partial charge in [-0.15, -0.1) is 0 Å². The van der Waals surface area contributed by atoms with Crippen molar-refractivity contribution < 1.29 is 30.3 Å². The zero-order valence-electron chi connectivity index (χ0n) is 9.43. The topological polar surface area (TPSA) is 137 Å². The van der Waals surface area contributed by atoms with Gasteiger partial charge in [0.1, 0.15) is 0 Å². The highest BCUT2D eigenvalue weighted by Crippen LogP contribution is 1.98. The van der Waals surface area contributed by atoms with Crippen molar-refractivity contribution in [3.05, 3.63) is 0 Å². The fourth-order valence-electron chi connectivity index (χ4n) is 1.04. The third-order valence-corrected chi connectivity index (χ3v) is 2.66. The third-order valence-electron chi connectivity index (χ3n) is 2.01. The Labute approximate surface area is 103 Å². The van der Waals surface area contributed by atoms with Crippen LogP contribution in [0.2, 0.25) is 0 Å². The molecule has 4 N–H and O–H groups in total. The van der Waals surface area contributed by atoms with E-state index in [1.165, 1.54) is 11.8 Å². The van der Waals surface area contributed by atoms with E-state index in [1.54, 1.807) is 0 Å². The van der Waals surface area contributed by atoms with Crippen molar-refractivity contribution in [1.29, 1.82) is 0 Å². The summed E-state index contributed by atoms with van der Waals surface area (Å²) >= 11 is 1.53. The Morgan fingerprint density at radius 2 is 1.94 bits per heavy atom. The molecular weight excluding hydrogens is 248 g/mol. The van der Waals surface area contributed by atoms with Crippen molar-refractivity contribution in [1.82, 2.24) is 5.32 Å². The number of carbonyl (C=O) groups excluding carboxylic acids is 3. The monoisotopic (exact) mass is 263 g/mol. The summed E-state index contributed by atoms with van der Waals surface area (Å²) in [6, 6.07) is -2.20. The van der Waals surface area contributed by atoms with Gasteiger partial charge >= 0.3 is 0 Å². The molecule has 0 aliphatic rings. The van der Waals surface area contributed by atoms with Crippen LogP contribution in [0.1, 0.15) is 12.8 Å². The first kappa shape index (κ1) is 15.7. The molecule has 0 aliphatic heterocycles. The third kappa shape index (κ3) is 6.80. The molecular formula is C9H15N2O5S-. The maximum absolute atomic E-state index is 11.5. The van der Waals surface area contributed by atoms with Crippen LogP contribution in [0.4, 0.5) is 0 Å². The molecule has 0 aromatic rings. The van der Waals surface area contributed by atoms with Gasteiger partial charge in [0.05, 0.1) is 12.0 Å². The molecule has 0 heterocycles. The Morgan fingerprint density at radius 3 is 2.35 bits per heavy atom. The van der Waals surface area contributed by atoms with Gasteiger partial charge in [-0.25, -0.2) is 0 Å². The smallest absolute Gasteiger partial charge is 0.278 e. The van der Waals surface area contributed by atoms with Gasteiger partial charge < -0.3 is 30.9 Å². The molecule has 0 unspecified atom stereocenters. The second kappa shape index (κ2) is 7.91. The molecule has 0 bridgehead atoms. The minimum Gasteiger partial charge on any atom is -0.550 e. The van der Waals surface area contributed by atoms with E-state index < -0.39 is 36.4 Å². The van der Waals surface area contributed by atoms with Gasteiger partial charge in [-0.1, -0.05) is 0 Å². The van der Waals surface area contributed by atoms with E-state index >= 15 is 0 Å². The first-order valence-electron chi connectivity index (χ1n) is 4.91. The molecule has 0 aliphatic carbocycles. The average Bonchev–Trinajstić information content (AvgIpc) is 2.23. The fourth-order valence-corrected chi connectivity index (χ4v) is 1.56. The second-order valence-electron chi connectivity index (χ2n) is 3.43. The first-order valence-corrected chi connectivity index (χ1v) is 6.31. The lowest BCUT2D eigenvalue weighted by molar-refractivity contribution is -0.404. The Hall–Kier alpha value is -1.28. The van der Waals surface area contributed by atoms with Crippen LogP contribution < -0.4 is 21.3 Å². The van der Waals surface area contributed by atoms with Gasteiger partial charge in [-0.3, -0.25) is 4.79 Å². The first-order chi connectivity index (χ1) is 7.88. The number of amides is 1. The van der Waals surface area contributed by atoms with E-state index in [4.69, 9.17) is 0 Å². The Balaban J connectivity index is 4.29. The zero-order valence-corrected chi connectivity index (χ0v) is 10.2. The second-order valence-corrected chi connectivity index (χ2v) is 4.42. The molecule has 8 heteroatoms. The summed E-state index contributed by atoms with van der Waals surface area (Å²) < 4.78 is 0. The summed E-state index contributed by atoms with van der Waals surface area (Å²) in [5.41, 5.74) is 3.57. The molecule has 1 amide bonds. The summed E-state index contributed by atoms with van der Waals surface area (Å²) in [6.07, 6.45) is 1.53. The SMILES string of the molecule is CSCC[C@H]([NH3+])C(=O)N[C@@H](CC(=O)[O-])C(=O)[O-]. The van der Waals surface area contributed by atoms with E-state index in [1.807, 2.05) is 6.26 Å². The molecule has 17 heavy (non-hydrogen) atoms. The number of carbonyl (C=O) groups is 3. The number of quaternary nitrogens is 1. The number of carboxylic acid groups (broad SMARTS) is 2. The molecule has 7 nitrogen and oxygen atoms in total. The van der Waals surface area contributed by atoms with E-state index in [0.29, 0.717) is 12.2 Å². The minimum absolute atomic E-state index is 0.484. The van der Waals surface area contributed by atoms with Gasteiger partial charge in [0.15, 0.2) is 6.04 Å². The van der Waals surface area contributed by atoms with Crippen LogP contribution >= 0.6 is 11.8 Å². The van der Waals surface area contributed by atoms with E-state index in [9.17, 15) is 24.6 Å². The number of aliphatic carboxylic acids is 2. The summed E-state index contributed by atoms with van der Waals surface area (Å²) in [7, 11) is 0. The standard InChI is InChI=1S/C9H16N2O5S/c1-17-3-2-5(10)8(14)11-6(9(15)16)4-7(12)13/h5-6H,2-4,10H2,1H3,(H,11,14)(H,12,13)(H,15,16)/p-1/t5-,6-/m0/s1. The van der Waals surface area contributed by atoms with Crippen molar-refractivity contribution >= 4 is 29.6 Å². The Morgan fingerprint density at radius 1 is 1.35 bits per heavy atom. The van der Waals surface area contributed by atoms with E-state index in [-0.39, 0.29) is 0 Å². The molecule has 0 fully saturated rings. The number of rotatable bonds is 8. The highest BCUT2D eigenvalue weighted by molar-refractivity contribution is 7.98. The number of hydrogen-bond donors (Lipinski definition) is 2. The van der Waals surface area contributed by atoms with Crippen molar-refractivity contribution in [3.63, 3.8) is 0 Å². The summed E-state index contributed by atoms with van der Waals surface area (Å²) in [6.45, 7) is 0. The lowest BCUT2D eigenvalue weighted by Gasteiger charge is -2.21. The number of hydrogen-bond acceptors (Lipinski definition) is 6. The molecule has 0 saturated carbocycles. The van der Waals surface area contributed by atoms with Crippen LogP contribution in [-0.4, -0.2) is 41.9 Å². The quantitative estimate of drug-likeness (QED) is 0.454. The van der Waals surface area contributed by atoms with Crippen molar-refractivity contribution in [2.24, 2.45) is 0 Å². The van der Waals surface area contributed by atoms with Gasteiger partial charge in [0, 0.05) is 18.8 Å². The zero-order chi connectivity index (χ0) is 13.4. The molecule has 2 atom stereocenters. The molecule has 0 spiro atoms. The van der Waals surface area contributed by atoms with Crippen molar-refractivity contribution in [2.45, 2.75) is 24.9 Å². The predicted octanol–water partition coefficient (Wildman–Crippen LogP) is -4.28. The van der Waals surface area contributed by atoms with Crippen LogP contribution in [0.3, 0.4) is 0 Å². The molecule has 0 radical (unpaired) electrons. The van der Waals surface area contributed by atoms with E-state index in [2.05, 4.69) is 11.1 Å². The van der Waals surface area contributed by atoms with Gasteiger partial charge in [0.25, 0.3) is 5.91 Å². The molecule has 0 saturated heterocycles. The molecule has 0 rings (SSSR count). The van der Waals surface area contributed by atoms with Gasteiger partial charge in [-0.05, 0) is 12.0 Å². The van der Waals surface area contributed by atoms with Crippen LogP contribution in [0.5, 0.6) is 0 Å². The van der Waals surface area contributed by atoms with Crippen molar-refractivity contribution in [3.8, 4) is 0 Å². The minimum atomic E-state index is -1.65. The highest BCUT2D eigenvalue weighted by atomic mass is 32.2. The van der Waals surface area contributed by atoms with Crippen molar-refractivity contribution in [2.75, 3.05) is 12.0 Å². The highest BCUT2D eigenvalue weighted by Gasteiger charge is 2.21. The van der Waals surface area contributed by atoms with Gasteiger partial charge in [0.2, 0.25) is 0 Å². The summed E-state index contributed by atoms with van der Waals surface area (Å²) in [5.74, 6) is -3.11. The Bertz CT molecular complexity index is 297. The normalized spacial score (nSPS) is 13.8. The maximum atomic E-state index is 11.5. The lowest BCUT2D eigenvalue weighted by atomic mass is 10.1. The number of nitrogens with one attached hydrogen (secondary N) is 1. The molecule has 0 aromatic carbocycles. The van der Waals surface area contributed by atoms with Crippen LogP contribution in [0.25, 0.3) is 0 Å². The predicted molar refractivity (Wildman–Crippen MR) is 56.2 cm³/mol. The number of thioether (sulfide) groups is 1. The maximum Gasteiger partial charge on any atom is 0.278 e. The largest absolute Gasteiger partial charge is 0.550 e. The summed E-state index contributed by atoms with van der Waals surface area (Å²) in [4.78, 5) is 32.3. The van der Waals surface area contributed by atoms with Gasteiger partial charge in [-0.2, -0.15) is 11.8 Å². The molecule has 98 valence electrons. The fraction of sp³-hybridized carbons (Fsp3) is 0.667. The molecule has 0 aromatic heterocycles. The average molecular weight is 263 g/mol.